The van der Waals surface area contributed by atoms with Crippen LogP contribution >= 0.6 is 8.53 Å². The van der Waals surface area contributed by atoms with Crippen LogP contribution in [0.5, 0.6) is 11.5 Å². The van der Waals surface area contributed by atoms with Gasteiger partial charge < -0.3 is 37.6 Å². The van der Waals surface area contributed by atoms with E-state index in [0.717, 1.165) is 16.7 Å². The Morgan fingerprint density at radius 1 is 1.00 bits per heavy atom. The SMILES string of the molecule is COc1ccc(C(OC[C@@]23COC([C@H](n4cnc5c(=O)[nH]c(/N=C/N(C)C)nc54)O2)[C@H]3OP(OCCC#N)N(C(C)C)C(C)C)(c2ccccc2)c2ccc(OC)cc2)cc1. The number of hydrogen-bond donors (Lipinski definition) is 1. The van der Waals surface area contributed by atoms with Crippen LogP contribution in [0.25, 0.3) is 11.2 Å². The lowest BCUT2D eigenvalue weighted by Crippen LogP contribution is -2.49. The lowest BCUT2D eigenvalue weighted by Gasteiger charge is -2.41. The van der Waals surface area contributed by atoms with Gasteiger partial charge in [0.05, 0.1) is 59.2 Å². The number of aromatic amines is 1. The van der Waals surface area contributed by atoms with Crippen LogP contribution in [0.2, 0.25) is 0 Å². The topological polar surface area (TPSA) is 171 Å². The molecule has 5 aromatic rings. The number of rotatable bonds is 19. The molecule has 3 aromatic carbocycles. The molecule has 0 radical (unpaired) electrons. The second-order valence-electron chi connectivity index (χ2n) is 15.6. The molecular formula is C44H53N8O8P. The molecule has 0 spiro atoms. The third-order valence-corrected chi connectivity index (χ3v) is 12.8. The lowest BCUT2D eigenvalue weighted by atomic mass is 9.79. The van der Waals surface area contributed by atoms with Gasteiger partial charge >= 0.3 is 0 Å². The van der Waals surface area contributed by atoms with E-state index in [9.17, 15) is 10.1 Å². The van der Waals surface area contributed by atoms with E-state index in [4.69, 9.17) is 37.7 Å². The van der Waals surface area contributed by atoms with Crippen LogP contribution in [-0.4, -0.2) is 113 Å². The molecule has 322 valence electrons. The molecule has 4 heterocycles. The molecule has 2 saturated heterocycles. The minimum absolute atomic E-state index is 0.0264. The van der Waals surface area contributed by atoms with Gasteiger partial charge in [-0.1, -0.05) is 54.6 Å². The van der Waals surface area contributed by atoms with Gasteiger partial charge in [0, 0.05) is 26.2 Å². The molecule has 16 nitrogen and oxygen atoms in total. The Morgan fingerprint density at radius 3 is 2.20 bits per heavy atom. The van der Waals surface area contributed by atoms with Gasteiger partial charge in [-0.05, 0) is 68.7 Å². The van der Waals surface area contributed by atoms with Crippen molar-refractivity contribution >= 4 is 32.0 Å². The van der Waals surface area contributed by atoms with Crippen molar-refractivity contribution < 1.29 is 32.7 Å². The van der Waals surface area contributed by atoms with E-state index in [1.54, 1.807) is 30.0 Å². The molecule has 2 unspecified atom stereocenters. The number of aliphatic imine (C=N–C) groups is 1. The molecule has 2 aliphatic heterocycles. The highest BCUT2D eigenvalue weighted by molar-refractivity contribution is 7.44. The Hall–Kier alpha value is -5.24. The molecule has 2 fully saturated rings. The third-order valence-electron chi connectivity index (χ3n) is 10.7. The molecule has 0 aliphatic carbocycles. The van der Waals surface area contributed by atoms with Crippen molar-refractivity contribution in [1.82, 2.24) is 29.1 Å². The van der Waals surface area contributed by atoms with Gasteiger partial charge in [0.2, 0.25) is 5.95 Å². The summed E-state index contributed by atoms with van der Waals surface area (Å²) in [5, 5.41) is 9.47. The fraction of sp³-hybridized carbons (Fsp3) is 0.432. The summed E-state index contributed by atoms with van der Waals surface area (Å²) in [5.41, 5.74) is 0.0492. The highest BCUT2D eigenvalue weighted by Crippen LogP contribution is 2.56. The van der Waals surface area contributed by atoms with Gasteiger partial charge in [-0.3, -0.25) is 14.3 Å². The highest BCUT2D eigenvalue weighted by atomic mass is 31.2. The van der Waals surface area contributed by atoms with Crippen molar-refractivity contribution in [2.75, 3.05) is 48.1 Å². The molecule has 61 heavy (non-hydrogen) atoms. The van der Waals surface area contributed by atoms with E-state index in [-0.39, 0.29) is 55.4 Å². The van der Waals surface area contributed by atoms with E-state index < -0.39 is 43.7 Å². The number of benzene rings is 3. The first kappa shape index (κ1) is 43.8. The zero-order valence-electron chi connectivity index (χ0n) is 35.7. The van der Waals surface area contributed by atoms with Gasteiger partial charge in [-0.25, -0.2) is 14.6 Å². The predicted octanol–water partition coefficient (Wildman–Crippen LogP) is 6.69. The number of nitriles is 1. The maximum absolute atomic E-state index is 13.3. The van der Waals surface area contributed by atoms with Gasteiger partial charge in [0.25, 0.3) is 14.1 Å². The minimum Gasteiger partial charge on any atom is -0.497 e. The summed E-state index contributed by atoms with van der Waals surface area (Å²) in [4.78, 5) is 31.2. The van der Waals surface area contributed by atoms with Crippen LogP contribution in [0, 0.1) is 11.3 Å². The maximum Gasteiger partial charge on any atom is 0.280 e. The number of ether oxygens (including phenoxy) is 5. The fourth-order valence-corrected chi connectivity index (χ4v) is 9.71. The first-order valence-corrected chi connectivity index (χ1v) is 21.3. The largest absolute Gasteiger partial charge is 0.497 e. The van der Waals surface area contributed by atoms with Crippen LogP contribution in [-0.2, 0) is 28.9 Å². The second-order valence-corrected chi connectivity index (χ2v) is 17.0. The molecule has 2 bridgehead atoms. The molecule has 2 aliphatic rings. The number of nitrogens with zero attached hydrogens (tertiary/aromatic N) is 7. The van der Waals surface area contributed by atoms with Crippen LogP contribution in [0.3, 0.4) is 0 Å². The molecule has 0 saturated carbocycles. The van der Waals surface area contributed by atoms with Crippen LogP contribution in [0.4, 0.5) is 5.95 Å². The number of fused-ring (bicyclic) bond motifs is 3. The van der Waals surface area contributed by atoms with E-state index in [2.05, 4.69) is 53.4 Å². The number of nitrogens with one attached hydrogen (secondary N) is 1. The van der Waals surface area contributed by atoms with Crippen LogP contribution < -0.4 is 15.0 Å². The van der Waals surface area contributed by atoms with E-state index in [1.807, 2.05) is 93.0 Å². The lowest BCUT2D eigenvalue weighted by molar-refractivity contribution is -0.202. The van der Waals surface area contributed by atoms with Gasteiger partial charge in [-0.15, -0.1) is 0 Å². The summed E-state index contributed by atoms with van der Waals surface area (Å²) < 4.78 is 50.0. The van der Waals surface area contributed by atoms with Gasteiger partial charge in [0.1, 0.15) is 34.9 Å². The molecule has 5 atom stereocenters. The smallest absolute Gasteiger partial charge is 0.280 e. The zero-order chi connectivity index (χ0) is 43.3. The normalized spacial score (nSPS) is 20.6. The standard InChI is InChI=1S/C44H53N8O8P/c1-29(2)52(30(3)4)61(58-24-12-23-45)60-38-37-41(51-28-46-36-39(51)48-42(49-40(36)53)47-27-50(5)6)59-43(38,25-56-37)26-57-44(31-13-10-9-11-14-31,32-15-19-34(54-7)20-16-32)33-17-21-35(55-8)22-18-33/h9-11,13-22,27-30,37-38,41H,12,24-26H2,1-8H3,(H,48,49,53)/b47-27+/t37?,38-,41-,43-,61?/m1/s1. The number of hydrogen-bond acceptors (Lipinski definition) is 13. The monoisotopic (exact) mass is 852 g/mol. The Kier molecular flexibility index (Phi) is 13.5. The fourth-order valence-electron chi connectivity index (χ4n) is 7.90. The Labute approximate surface area is 357 Å². The first-order chi connectivity index (χ1) is 29.4. The van der Waals surface area contributed by atoms with Crippen molar-refractivity contribution in [2.45, 2.75) is 75.8 Å². The van der Waals surface area contributed by atoms with Crippen molar-refractivity contribution in [1.29, 1.82) is 5.26 Å². The minimum atomic E-state index is -1.77. The van der Waals surface area contributed by atoms with E-state index >= 15 is 0 Å². The molecule has 1 N–H and O–H groups in total. The summed E-state index contributed by atoms with van der Waals surface area (Å²) >= 11 is 0. The van der Waals surface area contributed by atoms with Crippen LogP contribution in [0.15, 0.2) is 95.0 Å². The zero-order valence-corrected chi connectivity index (χ0v) is 36.6. The van der Waals surface area contributed by atoms with Crippen molar-refractivity contribution in [3.63, 3.8) is 0 Å². The summed E-state index contributed by atoms with van der Waals surface area (Å²) in [6.07, 6.45) is 0.908. The summed E-state index contributed by atoms with van der Waals surface area (Å²) in [7, 11) is 5.14. The Bertz CT molecular complexity index is 2310. The second kappa shape index (κ2) is 18.8. The Balaban J connectivity index is 1.37. The average molecular weight is 853 g/mol. The van der Waals surface area contributed by atoms with Crippen molar-refractivity contribution in [3.05, 3.63) is 112 Å². The average Bonchev–Trinajstić information content (AvgIpc) is 3.93. The molecule has 2 aromatic heterocycles. The molecular weight excluding hydrogens is 800 g/mol. The van der Waals surface area contributed by atoms with Crippen LogP contribution in [0.1, 0.15) is 57.0 Å². The first-order valence-electron chi connectivity index (χ1n) is 20.1. The number of imidazole rings is 1. The maximum atomic E-state index is 13.3. The number of aromatic nitrogens is 4. The van der Waals surface area contributed by atoms with Crippen molar-refractivity contribution in [2.24, 2.45) is 4.99 Å². The molecule has 17 heteroatoms. The van der Waals surface area contributed by atoms with Crippen molar-refractivity contribution in [3.8, 4) is 17.6 Å². The van der Waals surface area contributed by atoms with Gasteiger partial charge in [-0.2, -0.15) is 10.2 Å². The van der Waals surface area contributed by atoms with E-state index in [0.29, 0.717) is 11.5 Å². The summed E-state index contributed by atoms with van der Waals surface area (Å²) in [6, 6.07) is 27.9. The van der Waals surface area contributed by atoms with E-state index in [1.165, 1.54) is 6.33 Å². The quantitative estimate of drug-likeness (QED) is 0.0307. The summed E-state index contributed by atoms with van der Waals surface area (Å²) in [5.74, 6) is 1.50. The Morgan fingerprint density at radius 2 is 1.62 bits per heavy atom. The van der Waals surface area contributed by atoms with Gasteiger partial charge in [0.15, 0.2) is 17.4 Å². The molecule has 7 rings (SSSR count). The molecule has 0 amide bonds. The number of methoxy groups -OCH3 is 2. The predicted molar refractivity (Wildman–Crippen MR) is 231 cm³/mol. The number of H-pyrrole nitrogens is 1. The third kappa shape index (κ3) is 8.78. The summed E-state index contributed by atoms with van der Waals surface area (Å²) in [6.45, 7) is 8.59. The highest BCUT2D eigenvalue weighted by Gasteiger charge is 2.65.